The molecule has 2 N–H and O–H groups in total. The number of H-pyrrole nitrogens is 2. The van der Waals surface area contributed by atoms with Crippen LogP contribution in [0.5, 0.6) is 0 Å². The summed E-state index contributed by atoms with van der Waals surface area (Å²) in [5.41, 5.74) is 21.0. The summed E-state index contributed by atoms with van der Waals surface area (Å²) >= 11 is 3.62. The summed E-state index contributed by atoms with van der Waals surface area (Å²) < 4.78 is 0. The number of halogens is 1. The van der Waals surface area contributed by atoms with Gasteiger partial charge in [0.25, 0.3) is 0 Å². The maximum atomic E-state index is 5.43. The van der Waals surface area contributed by atoms with E-state index < -0.39 is 0 Å². The molecule has 8 bridgehead atoms. The van der Waals surface area contributed by atoms with Gasteiger partial charge in [-0.1, -0.05) is 71.3 Å². The van der Waals surface area contributed by atoms with Crippen molar-refractivity contribution in [1.82, 2.24) is 19.9 Å². The zero-order valence-corrected chi connectivity index (χ0v) is 28.9. The molecular formula is C38H47BrN4. The van der Waals surface area contributed by atoms with Gasteiger partial charge < -0.3 is 9.97 Å². The van der Waals surface area contributed by atoms with E-state index in [4.69, 9.17) is 9.97 Å². The first-order valence-electron chi connectivity index (χ1n) is 16.5. The molecule has 3 aromatic heterocycles. The second-order valence-corrected chi connectivity index (χ2v) is 11.9. The Morgan fingerprint density at radius 3 is 1.16 bits per heavy atom. The maximum absolute atomic E-state index is 5.43. The minimum atomic E-state index is 0.927. The molecule has 0 aliphatic carbocycles. The summed E-state index contributed by atoms with van der Waals surface area (Å²) in [7, 11) is 0. The fourth-order valence-corrected chi connectivity index (χ4v) is 7.71. The summed E-state index contributed by atoms with van der Waals surface area (Å²) in [6, 6.07) is 6.98. The van der Waals surface area contributed by atoms with Gasteiger partial charge >= 0.3 is 0 Å². The molecule has 2 aliphatic heterocycles. The van der Waals surface area contributed by atoms with E-state index in [2.05, 4.69) is 106 Å². The van der Waals surface area contributed by atoms with E-state index in [0.717, 1.165) is 79.7 Å². The molecule has 43 heavy (non-hydrogen) atoms. The second kappa shape index (κ2) is 13.2. The van der Waals surface area contributed by atoms with Crippen LogP contribution >= 0.6 is 15.9 Å². The minimum Gasteiger partial charge on any atom is -0.355 e. The van der Waals surface area contributed by atoms with Crippen molar-refractivity contribution < 1.29 is 0 Å². The van der Waals surface area contributed by atoms with Gasteiger partial charge in [0.1, 0.15) is 0 Å². The third kappa shape index (κ3) is 5.28. The number of hydrogen-bond acceptors (Lipinski definition) is 2. The van der Waals surface area contributed by atoms with Gasteiger partial charge in [-0.3, -0.25) is 0 Å². The van der Waals surface area contributed by atoms with Gasteiger partial charge in [-0.05, 0) is 125 Å². The lowest BCUT2D eigenvalue weighted by atomic mass is 9.94. The molecule has 3 aromatic rings. The Morgan fingerprint density at radius 2 is 0.860 bits per heavy atom. The van der Waals surface area contributed by atoms with Crippen molar-refractivity contribution in [1.29, 1.82) is 0 Å². The lowest BCUT2D eigenvalue weighted by Gasteiger charge is -2.09. The van der Waals surface area contributed by atoms with Crippen LogP contribution in [0.3, 0.4) is 0 Å². The maximum Gasteiger partial charge on any atom is 0.0766 e. The molecule has 0 saturated heterocycles. The lowest BCUT2D eigenvalue weighted by molar-refractivity contribution is 1.07. The Morgan fingerprint density at radius 1 is 0.512 bits per heavy atom. The number of allylic oxidation sites excluding steroid dienone is 4. The Labute approximate surface area is 266 Å². The Hall–Kier alpha value is -3.18. The molecule has 0 amide bonds. The Bertz CT molecular complexity index is 1690. The van der Waals surface area contributed by atoms with Crippen LogP contribution in [0, 0.1) is 0 Å². The first-order valence-corrected chi connectivity index (χ1v) is 17.4. The van der Waals surface area contributed by atoms with Crippen molar-refractivity contribution in [3.8, 4) is 0 Å². The van der Waals surface area contributed by atoms with E-state index in [1.54, 1.807) is 0 Å². The highest BCUT2D eigenvalue weighted by atomic mass is 79.9. The highest BCUT2D eigenvalue weighted by Crippen LogP contribution is 2.42. The SMILES string of the molecule is CCC1=C(CC)c2nc1cc1[nH]c(cc3[nH]c(cc4nc(c2/C=C/Br)C(CC)=C4CC)c(CC)c3CC)c(CC)c1CC. The monoisotopic (exact) mass is 638 g/mol. The molecule has 0 fully saturated rings. The van der Waals surface area contributed by atoms with Gasteiger partial charge in [0.05, 0.1) is 22.8 Å². The summed E-state index contributed by atoms with van der Waals surface area (Å²) in [6.45, 7) is 18.1. The van der Waals surface area contributed by atoms with Crippen molar-refractivity contribution in [3.63, 3.8) is 0 Å². The van der Waals surface area contributed by atoms with Crippen molar-refractivity contribution in [2.75, 3.05) is 0 Å². The summed E-state index contributed by atoms with van der Waals surface area (Å²) in [4.78, 5) is 20.5. The predicted molar refractivity (Wildman–Crippen MR) is 191 cm³/mol. The highest BCUT2D eigenvalue weighted by Gasteiger charge is 2.26. The van der Waals surface area contributed by atoms with Crippen molar-refractivity contribution in [3.05, 3.63) is 73.8 Å². The normalized spacial score (nSPS) is 13.7. The first-order chi connectivity index (χ1) is 20.9. The summed E-state index contributed by atoms with van der Waals surface area (Å²) in [6.07, 6.45) is 9.80. The van der Waals surface area contributed by atoms with E-state index in [9.17, 15) is 0 Å². The minimum absolute atomic E-state index is 0.927. The van der Waals surface area contributed by atoms with Crippen molar-refractivity contribution >= 4 is 66.4 Å². The molecule has 0 unspecified atom stereocenters. The van der Waals surface area contributed by atoms with Gasteiger partial charge in [-0.15, -0.1) is 0 Å². The molecule has 0 saturated carbocycles. The smallest absolute Gasteiger partial charge is 0.0766 e. The molecule has 2 aliphatic rings. The Balaban J connectivity index is 2.11. The molecule has 0 aromatic carbocycles. The van der Waals surface area contributed by atoms with Crippen LogP contribution in [-0.2, 0) is 25.7 Å². The molecule has 226 valence electrons. The number of nitrogens with zero attached hydrogens (tertiary/aromatic N) is 2. The van der Waals surface area contributed by atoms with Crippen LogP contribution in [0.15, 0.2) is 23.2 Å². The largest absolute Gasteiger partial charge is 0.355 e. The molecular weight excluding hydrogens is 592 g/mol. The average molecular weight is 640 g/mol. The van der Waals surface area contributed by atoms with Gasteiger partial charge in [-0.2, -0.15) is 0 Å². The third-order valence-electron chi connectivity index (χ3n) is 9.37. The third-order valence-corrected chi connectivity index (χ3v) is 9.63. The summed E-state index contributed by atoms with van der Waals surface area (Å²) in [5, 5.41) is 0. The summed E-state index contributed by atoms with van der Waals surface area (Å²) in [5.74, 6) is 0. The topological polar surface area (TPSA) is 57.4 Å². The number of rotatable bonds is 9. The number of aromatic amines is 2. The van der Waals surface area contributed by atoms with Crippen LogP contribution in [0.2, 0.25) is 0 Å². The number of aryl methyl sites for hydroxylation is 4. The fraction of sp³-hybridized carbons (Fsp3) is 0.421. The van der Waals surface area contributed by atoms with Gasteiger partial charge in [0.15, 0.2) is 0 Å². The van der Waals surface area contributed by atoms with Crippen LogP contribution in [0.25, 0.3) is 50.4 Å². The van der Waals surface area contributed by atoms with E-state index in [0.29, 0.717) is 0 Å². The molecule has 5 rings (SSSR count). The second-order valence-electron chi connectivity index (χ2n) is 11.4. The molecule has 0 atom stereocenters. The standard InChI is InChI=1S/C38H47BrN4/c1-9-22-24(11-3)33-20-35-26(13-5)28(15-7)37(42-35)30(17-18-39)38-29(16-8)27(14-6)36(43-38)21-34-25(12-4)23(10-2)32(41-34)19-31(22)40-33/h17-21,40-41H,9-16H2,1-8H3/b18-17+,31-19?,32-19?,33-20?,34-21?,35-20?,36-21?,37-30?,38-30?. The van der Waals surface area contributed by atoms with Crippen molar-refractivity contribution in [2.45, 2.75) is 107 Å². The van der Waals surface area contributed by atoms with Crippen LogP contribution in [0.1, 0.15) is 132 Å². The molecule has 5 heterocycles. The van der Waals surface area contributed by atoms with E-state index in [-0.39, 0.29) is 0 Å². The van der Waals surface area contributed by atoms with Crippen LogP contribution in [0.4, 0.5) is 0 Å². The molecule has 4 nitrogen and oxygen atoms in total. The number of aromatic nitrogens is 4. The number of hydrogen-bond donors (Lipinski definition) is 2. The van der Waals surface area contributed by atoms with Crippen LogP contribution in [-0.4, -0.2) is 19.9 Å². The zero-order chi connectivity index (χ0) is 30.8. The van der Waals surface area contributed by atoms with Gasteiger partial charge in [-0.25, -0.2) is 9.97 Å². The van der Waals surface area contributed by atoms with Gasteiger partial charge in [0.2, 0.25) is 0 Å². The fourth-order valence-electron chi connectivity index (χ4n) is 7.44. The number of nitrogens with one attached hydrogen (secondary N) is 2. The molecule has 0 spiro atoms. The average Bonchev–Trinajstić information content (AvgIpc) is 3.74. The van der Waals surface area contributed by atoms with E-state index >= 15 is 0 Å². The molecule has 5 heteroatoms. The lowest BCUT2D eigenvalue weighted by Crippen LogP contribution is -1.94. The predicted octanol–water partition coefficient (Wildman–Crippen LogP) is 11.4. The van der Waals surface area contributed by atoms with Crippen molar-refractivity contribution in [2.24, 2.45) is 0 Å². The van der Waals surface area contributed by atoms with Gasteiger partial charge in [0, 0.05) is 27.6 Å². The quantitative estimate of drug-likeness (QED) is 0.245. The van der Waals surface area contributed by atoms with E-state index in [1.165, 1.54) is 66.6 Å². The zero-order valence-electron chi connectivity index (χ0n) is 27.3. The first kappa shape index (κ1) is 31.3. The Kier molecular flexibility index (Phi) is 9.60. The van der Waals surface area contributed by atoms with E-state index in [1.807, 2.05) is 4.99 Å². The highest BCUT2D eigenvalue weighted by molar-refractivity contribution is 9.11. The van der Waals surface area contributed by atoms with Crippen LogP contribution < -0.4 is 0 Å². The molecule has 0 radical (unpaired) electrons. The number of fused-ring (bicyclic) bond motifs is 8.